The maximum absolute atomic E-state index is 11.8. The van der Waals surface area contributed by atoms with Gasteiger partial charge in [0.2, 0.25) is 5.91 Å². The molecule has 0 bridgehead atoms. The summed E-state index contributed by atoms with van der Waals surface area (Å²) in [4.78, 5) is 22.8. The van der Waals surface area contributed by atoms with Crippen molar-refractivity contribution in [3.8, 4) is 0 Å². The van der Waals surface area contributed by atoms with Gasteiger partial charge >= 0.3 is 5.97 Å². The monoisotopic (exact) mass is 279 g/mol. The van der Waals surface area contributed by atoms with Crippen LogP contribution in [0.15, 0.2) is 0 Å². The third-order valence-corrected chi connectivity index (χ3v) is 5.20. The SMILES string of the molecule is O=C(CC1COC(=O)C1)NC[C@@H]1C[C@H]1C1CCCCC1. The summed E-state index contributed by atoms with van der Waals surface area (Å²) in [7, 11) is 0. The molecule has 20 heavy (non-hydrogen) atoms. The van der Waals surface area contributed by atoms with Crippen LogP contribution in [0.4, 0.5) is 0 Å². The Bertz CT molecular complexity index is 376. The summed E-state index contributed by atoms with van der Waals surface area (Å²) < 4.78 is 4.88. The van der Waals surface area contributed by atoms with Crippen LogP contribution in [-0.4, -0.2) is 25.0 Å². The third kappa shape index (κ3) is 3.53. The predicted octanol–water partition coefficient (Wildman–Crippen LogP) is 2.27. The van der Waals surface area contributed by atoms with Crippen molar-refractivity contribution in [2.24, 2.45) is 23.7 Å². The fourth-order valence-electron chi connectivity index (χ4n) is 3.92. The van der Waals surface area contributed by atoms with Crippen LogP contribution in [0.3, 0.4) is 0 Å². The molecule has 0 spiro atoms. The average molecular weight is 279 g/mol. The van der Waals surface area contributed by atoms with Gasteiger partial charge in [0, 0.05) is 18.9 Å². The Morgan fingerprint density at radius 1 is 1.25 bits per heavy atom. The van der Waals surface area contributed by atoms with Gasteiger partial charge in [-0.15, -0.1) is 0 Å². The number of rotatable bonds is 5. The highest BCUT2D eigenvalue weighted by Crippen LogP contribution is 2.48. The first kappa shape index (κ1) is 13.9. The van der Waals surface area contributed by atoms with Crippen molar-refractivity contribution >= 4 is 11.9 Å². The van der Waals surface area contributed by atoms with Crippen LogP contribution in [-0.2, 0) is 14.3 Å². The first-order chi connectivity index (χ1) is 9.72. The predicted molar refractivity (Wildman–Crippen MR) is 74.9 cm³/mol. The number of ether oxygens (including phenoxy) is 1. The van der Waals surface area contributed by atoms with E-state index >= 15 is 0 Å². The number of carbonyl (C=O) groups is 2. The molecule has 1 N–H and O–H groups in total. The van der Waals surface area contributed by atoms with Crippen molar-refractivity contribution < 1.29 is 14.3 Å². The smallest absolute Gasteiger partial charge is 0.306 e. The summed E-state index contributed by atoms with van der Waals surface area (Å²) in [5, 5.41) is 3.05. The fraction of sp³-hybridized carbons (Fsp3) is 0.875. The van der Waals surface area contributed by atoms with Gasteiger partial charge in [0.15, 0.2) is 0 Å². The Morgan fingerprint density at radius 3 is 2.75 bits per heavy atom. The summed E-state index contributed by atoms with van der Waals surface area (Å²) in [5.41, 5.74) is 0. The molecule has 0 aromatic carbocycles. The van der Waals surface area contributed by atoms with Crippen LogP contribution in [0.25, 0.3) is 0 Å². The standard InChI is InChI=1S/C16H25NO3/c18-15(6-11-7-16(19)20-10-11)17-9-13-8-14(13)12-4-2-1-3-5-12/h11-14H,1-10H2,(H,17,18)/t11?,13-,14-/m0/s1. The second-order valence-corrected chi connectivity index (χ2v) is 6.82. The second-order valence-electron chi connectivity index (χ2n) is 6.82. The third-order valence-electron chi connectivity index (χ3n) is 5.20. The molecule has 0 radical (unpaired) electrons. The molecule has 1 amide bonds. The van der Waals surface area contributed by atoms with Crippen LogP contribution < -0.4 is 5.32 Å². The minimum atomic E-state index is -0.164. The van der Waals surface area contributed by atoms with Crippen molar-refractivity contribution in [3.63, 3.8) is 0 Å². The van der Waals surface area contributed by atoms with E-state index in [9.17, 15) is 9.59 Å². The van der Waals surface area contributed by atoms with Crippen LogP contribution in [0, 0.1) is 23.7 Å². The lowest BCUT2D eigenvalue weighted by atomic mass is 9.85. The molecule has 1 heterocycles. The second kappa shape index (κ2) is 6.15. The highest BCUT2D eigenvalue weighted by Gasteiger charge is 2.42. The van der Waals surface area contributed by atoms with E-state index < -0.39 is 0 Å². The summed E-state index contributed by atoms with van der Waals surface area (Å²) in [5.74, 6) is 2.52. The molecule has 3 atom stereocenters. The highest BCUT2D eigenvalue weighted by atomic mass is 16.5. The molecule has 1 aliphatic heterocycles. The number of hydrogen-bond acceptors (Lipinski definition) is 3. The number of hydrogen-bond donors (Lipinski definition) is 1. The Kier molecular flexibility index (Phi) is 4.27. The minimum absolute atomic E-state index is 0.0857. The number of esters is 1. The quantitative estimate of drug-likeness (QED) is 0.785. The van der Waals surface area contributed by atoms with Gasteiger partial charge in [-0.1, -0.05) is 32.1 Å². The molecule has 112 valence electrons. The van der Waals surface area contributed by atoms with E-state index in [2.05, 4.69) is 5.32 Å². The number of carbonyl (C=O) groups excluding carboxylic acids is 2. The Balaban J connectivity index is 1.32. The molecule has 3 fully saturated rings. The van der Waals surface area contributed by atoms with Gasteiger partial charge in [-0.05, 0) is 24.2 Å². The van der Waals surface area contributed by atoms with Crippen molar-refractivity contribution in [3.05, 3.63) is 0 Å². The first-order valence-electron chi connectivity index (χ1n) is 8.14. The Morgan fingerprint density at radius 2 is 2.05 bits per heavy atom. The average Bonchev–Trinajstić information content (AvgIpc) is 3.13. The Labute approximate surface area is 120 Å². The van der Waals surface area contributed by atoms with Crippen LogP contribution >= 0.6 is 0 Å². The maximum atomic E-state index is 11.8. The molecule has 2 aliphatic carbocycles. The molecule has 3 aliphatic rings. The van der Waals surface area contributed by atoms with Crippen molar-refractivity contribution in [1.82, 2.24) is 5.32 Å². The van der Waals surface area contributed by atoms with Crippen LogP contribution in [0.1, 0.15) is 51.4 Å². The molecule has 1 saturated heterocycles. The molecule has 2 saturated carbocycles. The normalized spacial score (nSPS) is 33.8. The molecule has 0 aromatic heterocycles. The molecular formula is C16H25NO3. The zero-order valence-corrected chi connectivity index (χ0v) is 12.1. The lowest BCUT2D eigenvalue weighted by Crippen LogP contribution is -2.28. The zero-order valence-electron chi connectivity index (χ0n) is 12.1. The maximum Gasteiger partial charge on any atom is 0.306 e. The molecular weight excluding hydrogens is 254 g/mol. The molecule has 4 heteroatoms. The molecule has 1 unspecified atom stereocenters. The summed E-state index contributed by atoms with van der Waals surface area (Å²) in [6, 6.07) is 0. The lowest BCUT2D eigenvalue weighted by Gasteiger charge is -2.21. The number of nitrogens with one attached hydrogen (secondary N) is 1. The zero-order chi connectivity index (χ0) is 13.9. The van der Waals surface area contributed by atoms with Gasteiger partial charge in [0.1, 0.15) is 0 Å². The van der Waals surface area contributed by atoms with Gasteiger partial charge in [-0.2, -0.15) is 0 Å². The number of amides is 1. The Hall–Kier alpha value is -1.06. The van der Waals surface area contributed by atoms with Gasteiger partial charge in [0.05, 0.1) is 13.0 Å². The van der Waals surface area contributed by atoms with E-state index in [0.717, 1.165) is 18.4 Å². The molecule has 4 nitrogen and oxygen atoms in total. The number of cyclic esters (lactones) is 1. The van der Waals surface area contributed by atoms with E-state index in [-0.39, 0.29) is 17.8 Å². The fourth-order valence-corrected chi connectivity index (χ4v) is 3.92. The van der Waals surface area contributed by atoms with Gasteiger partial charge in [-0.3, -0.25) is 9.59 Å². The van der Waals surface area contributed by atoms with E-state index in [0.29, 0.717) is 25.4 Å². The van der Waals surface area contributed by atoms with Crippen LogP contribution in [0.2, 0.25) is 0 Å². The van der Waals surface area contributed by atoms with Gasteiger partial charge in [0.25, 0.3) is 0 Å². The van der Waals surface area contributed by atoms with Crippen LogP contribution in [0.5, 0.6) is 0 Å². The summed E-state index contributed by atoms with van der Waals surface area (Å²) in [6.07, 6.45) is 9.15. The van der Waals surface area contributed by atoms with Gasteiger partial charge < -0.3 is 10.1 Å². The lowest BCUT2D eigenvalue weighted by molar-refractivity contribution is -0.138. The summed E-state index contributed by atoms with van der Waals surface area (Å²) in [6.45, 7) is 1.25. The topological polar surface area (TPSA) is 55.4 Å². The summed E-state index contributed by atoms with van der Waals surface area (Å²) >= 11 is 0. The first-order valence-corrected chi connectivity index (χ1v) is 8.14. The largest absolute Gasteiger partial charge is 0.465 e. The van der Waals surface area contributed by atoms with Gasteiger partial charge in [-0.25, -0.2) is 0 Å². The van der Waals surface area contributed by atoms with Crippen molar-refractivity contribution in [2.45, 2.75) is 51.4 Å². The minimum Gasteiger partial charge on any atom is -0.465 e. The van der Waals surface area contributed by atoms with Crippen molar-refractivity contribution in [1.29, 1.82) is 0 Å². The highest BCUT2D eigenvalue weighted by molar-refractivity contribution is 5.78. The molecule has 3 rings (SSSR count). The van der Waals surface area contributed by atoms with E-state index in [1.54, 1.807) is 0 Å². The van der Waals surface area contributed by atoms with Crippen molar-refractivity contribution in [2.75, 3.05) is 13.2 Å². The molecule has 0 aromatic rings. The van der Waals surface area contributed by atoms with E-state index in [1.165, 1.54) is 38.5 Å². The van der Waals surface area contributed by atoms with E-state index in [4.69, 9.17) is 4.74 Å². The van der Waals surface area contributed by atoms with E-state index in [1.807, 2.05) is 0 Å².